The summed E-state index contributed by atoms with van der Waals surface area (Å²) in [6.07, 6.45) is 4.26. The highest BCUT2D eigenvalue weighted by Gasteiger charge is 2.32. The number of hydrogen-bond donors (Lipinski definition) is 1. The van der Waals surface area contributed by atoms with E-state index >= 15 is 0 Å². The van der Waals surface area contributed by atoms with Gasteiger partial charge in [-0.1, -0.05) is 29.8 Å². The van der Waals surface area contributed by atoms with Crippen LogP contribution in [0.25, 0.3) is 15.9 Å². The predicted molar refractivity (Wildman–Crippen MR) is 121 cm³/mol. The van der Waals surface area contributed by atoms with Gasteiger partial charge >= 0.3 is 0 Å². The molecule has 1 aliphatic heterocycles. The topological polar surface area (TPSA) is 51.3 Å². The fourth-order valence-electron chi connectivity index (χ4n) is 4.55. The maximum Gasteiger partial charge on any atom is 0.225 e. The first-order valence-corrected chi connectivity index (χ1v) is 11.1. The van der Waals surface area contributed by atoms with Gasteiger partial charge in [-0.3, -0.25) is 9.20 Å². The fraction of sp³-hybridized carbons (Fsp3) is 0.130. The molecule has 0 aliphatic carbocycles. The first-order chi connectivity index (χ1) is 15.1. The largest absolute Gasteiger partial charge is 0.343 e. The van der Waals surface area contributed by atoms with Crippen molar-refractivity contribution >= 4 is 50.4 Å². The highest BCUT2D eigenvalue weighted by atomic mass is 35.5. The predicted octanol–water partition coefficient (Wildman–Crippen LogP) is 5.67. The van der Waals surface area contributed by atoms with E-state index < -0.39 is 0 Å². The summed E-state index contributed by atoms with van der Waals surface area (Å²) < 4.78 is 17.8. The minimum atomic E-state index is -0.257. The number of benzene rings is 2. The number of anilines is 1. The van der Waals surface area contributed by atoms with E-state index in [1.807, 2.05) is 40.2 Å². The molecular weight excluding hydrogens is 435 g/mol. The summed E-state index contributed by atoms with van der Waals surface area (Å²) in [4.78, 5) is 18.0. The molecule has 8 heteroatoms. The lowest BCUT2D eigenvalue weighted by Gasteiger charge is -2.14. The maximum atomic E-state index is 13.8. The standard InChI is InChI=1S/C23H16ClFN4OS/c24-22-21(29-7-8-31-23(29)27-22)15-10-19(30)26-17-5-2-6-18-20(17)16(15)12-28(18)11-13-3-1-4-14(25)9-13/h1-9,12,15H,10-11H2,(H,26,30). The summed E-state index contributed by atoms with van der Waals surface area (Å²) in [5, 5.41) is 6.39. The lowest BCUT2D eigenvalue weighted by Crippen LogP contribution is -2.15. The van der Waals surface area contributed by atoms with Gasteiger partial charge in [-0.25, -0.2) is 9.37 Å². The average molecular weight is 451 g/mol. The van der Waals surface area contributed by atoms with E-state index in [2.05, 4.69) is 21.1 Å². The van der Waals surface area contributed by atoms with Crippen LogP contribution in [0.15, 0.2) is 60.2 Å². The maximum absolute atomic E-state index is 13.8. The van der Waals surface area contributed by atoms with Crippen LogP contribution in [-0.4, -0.2) is 19.9 Å². The molecule has 0 saturated heterocycles. The molecule has 0 radical (unpaired) electrons. The van der Waals surface area contributed by atoms with Gasteiger partial charge in [0.25, 0.3) is 0 Å². The number of carbonyl (C=O) groups is 1. The van der Waals surface area contributed by atoms with Gasteiger partial charge in [0.1, 0.15) is 5.82 Å². The summed E-state index contributed by atoms with van der Waals surface area (Å²) in [6, 6.07) is 12.5. The average Bonchev–Trinajstić information content (AvgIpc) is 3.38. The first-order valence-electron chi connectivity index (χ1n) is 9.85. The number of nitrogens with zero attached hydrogens (tertiary/aromatic N) is 3. The Labute approximate surface area is 185 Å². The fourth-order valence-corrected chi connectivity index (χ4v) is 5.62. The van der Waals surface area contributed by atoms with Crippen LogP contribution in [0.1, 0.15) is 29.2 Å². The zero-order chi connectivity index (χ0) is 21.1. The molecule has 0 saturated carbocycles. The van der Waals surface area contributed by atoms with E-state index in [9.17, 15) is 9.18 Å². The molecule has 5 aromatic rings. The third-order valence-corrected chi connectivity index (χ3v) is 6.84. The molecule has 1 unspecified atom stereocenters. The molecule has 6 rings (SSSR count). The van der Waals surface area contributed by atoms with Crippen LogP contribution in [0.4, 0.5) is 10.1 Å². The van der Waals surface area contributed by atoms with Crippen LogP contribution in [-0.2, 0) is 11.3 Å². The van der Waals surface area contributed by atoms with Crippen LogP contribution in [0, 0.1) is 5.82 Å². The Morgan fingerprint density at radius 1 is 1.26 bits per heavy atom. The third kappa shape index (κ3) is 2.96. The van der Waals surface area contributed by atoms with Crippen LogP contribution >= 0.6 is 22.9 Å². The van der Waals surface area contributed by atoms with Crippen molar-refractivity contribution < 1.29 is 9.18 Å². The molecule has 0 bridgehead atoms. The van der Waals surface area contributed by atoms with Crippen LogP contribution < -0.4 is 5.32 Å². The number of hydrogen-bond acceptors (Lipinski definition) is 3. The van der Waals surface area contributed by atoms with E-state index in [1.165, 1.54) is 17.4 Å². The van der Waals surface area contributed by atoms with Crippen molar-refractivity contribution in [1.29, 1.82) is 0 Å². The van der Waals surface area contributed by atoms with E-state index in [4.69, 9.17) is 11.6 Å². The van der Waals surface area contributed by atoms with Crippen LogP contribution in [0.5, 0.6) is 0 Å². The molecule has 1 N–H and O–H groups in total. The van der Waals surface area contributed by atoms with E-state index in [-0.39, 0.29) is 24.1 Å². The minimum Gasteiger partial charge on any atom is -0.343 e. The van der Waals surface area contributed by atoms with Crippen molar-refractivity contribution in [3.8, 4) is 0 Å². The van der Waals surface area contributed by atoms with Crippen molar-refractivity contribution in [3.63, 3.8) is 0 Å². The Balaban J connectivity index is 1.58. The van der Waals surface area contributed by atoms with Gasteiger partial charge in [-0.05, 0) is 35.4 Å². The molecule has 1 aliphatic rings. The molecule has 0 fully saturated rings. The number of thiazole rings is 1. The number of rotatable bonds is 3. The lowest BCUT2D eigenvalue weighted by molar-refractivity contribution is -0.116. The molecule has 3 aromatic heterocycles. The zero-order valence-corrected chi connectivity index (χ0v) is 17.8. The molecule has 2 aromatic carbocycles. The van der Waals surface area contributed by atoms with Crippen molar-refractivity contribution in [1.82, 2.24) is 14.0 Å². The molecular formula is C23H16ClFN4OS. The van der Waals surface area contributed by atoms with Gasteiger partial charge < -0.3 is 9.88 Å². The van der Waals surface area contributed by atoms with E-state index in [0.29, 0.717) is 11.7 Å². The lowest BCUT2D eigenvalue weighted by atomic mass is 9.93. The molecule has 0 spiro atoms. The number of fused-ring (bicyclic) bond motifs is 1. The Bertz CT molecular complexity index is 1480. The van der Waals surface area contributed by atoms with Crippen LogP contribution in [0.3, 0.4) is 0 Å². The monoisotopic (exact) mass is 450 g/mol. The zero-order valence-electron chi connectivity index (χ0n) is 16.2. The number of aromatic nitrogens is 3. The Morgan fingerprint density at radius 2 is 2.13 bits per heavy atom. The molecule has 1 atom stereocenters. The number of imidazole rings is 1. The molecule has 4 heterocycles. The van der Waals surface area contributed by atoms with Crippen molar-refractivity contribution in [3.05, 3.63) is 88.0 Å². The van der Waals surface area contributed by atoms with Gasteiger partial charge in [0.05, 0.1) is 16.9 Å². The second kappa shape index (κ2) is 6.93. The van der Waals surface area contributed by atoms with Crippen molar-refractivity contribution in [2.45, 2.75) is 18.9 Å². The molecule has 1 amide bonds. The summed E-state index contributed by atoms with van der Waals surface area (Å²) in [7, 11) is 0. The number of halogens is 2. The summed E-state index contributed by atoms with van der Waals surface area (Å²) in [5.41, 5.74) is 4.45. The highest BCUT2D eigenvalue weighted by molar-refractivity contribution is 7.15. The third-order valence-electron chi connectivity index (χ3n) is 5.80. The van der Waals surface area contributed by atoms with Gasteiger partial charge in [-0.15, -0.1) is 11.3 Å². The Kier molecular flexibility index (Phi) is 4.16. The minimum absolute atomic E-state index is 0.0633. The van der Waals surface area contributed by atoms with E-state index in [1.54, 1.807) is 12.1 Å². The number of carbonyl (C=O) groups excluding carboxylic acids is 1. The van der Waals surface area contributed by atoms with Gasteiger partial charge in [0.15, 0.2) is 10.1 Å². The van der Waals surface area contributed by atoms with Crippen LogP contribution in [0.2, 0.25) is 5.15 Å². The van der Waals surface area contributed by atoms with Gasteiger partial charge in [-0.2, -0.15) is 0 Å². The molecule has 31 heavy (non-hydrogen) atoms. The molecule has 154 valence electrons. The summed E-state index contributed by atoms with van der Waals surface area (Å²) in [5.74, 6) is -0.573. The van der Waals surface area contributed by atoms with Gasteiger partial charge in [0.2, 0.25) is 5.91 Å². The second-order valence-corrected chi connectivity index (χ2v) is 8.92. The first kappa shape index (κ1) is 18.6. The second-order valence-electron chi connectivity index (χ2n) is 7.69. The van der Waals surface area contributed by atoms with Crippen molar-refractivity contribution in [2.75, 3.05) is 5.32 Å². The normalized spacial score (nSPS) is 16.1. The Hall–Kier alpha value is -3.16. The van der Waals surface area contributed by atoms with E-state index in [0.717, 1.165) is 38.4 Å². The highest BCUT2D eigenvalue weighted by Crippen LogP contribution is 2.43. The van der Waals surface area contributed by atoms with Gasteiger partial charge in [0, 0.05) is 42.0 Å². The summed E-state index contributed by atoms with van der Waals surface area (Å²) in [6.45, 7) is 0.520. The number of amides is 1. The quantitative estimate of drug-likeness (QED) is 0.385. The molecule has 5 nitrogen and oxygen atoms in total. The SMILES string of the molecule is O=C1CC(c2c(Cl)nc3sccn23)c2cn(Cc3cccc(F)c3)c3cccc(c23)N1. The Morgan fingerprint density at radius 3 is 3.00 bits per heavy atom. The summed E-state index contributed by atoms with van der Waals surface area (Å²) >= 11 is 8.06. The smallest absolute Gasteiger partial charge is 0.225 e. The number of nitrogens with one attached hydrogen (secondary N) is 1. The van der Waals surface area contributed by atoms with Crippen molar-refractivity contribution in [2.24, 2.45) is 0 Å².